The summed E-state index contributed by atoms with van der Waals surface area (Å²) in [5.74, 6) is -0.820. The van der Waals surface area contributed by atoms with E-state index in [0.717, 1.165) is 0 Å². The third kappa shape index (κ3) is 2.84. The summed E-state index contributed by atoms with van der Waals surface area (Å²) in [6, 6.07) is 0. The Morgan fingerprint density at radius 3 is 2.50 bits per heavy atom. The number of H-pyrrole nitrogens is 1. The standard InChI is InChI=1S/C6H2F3IN2O4/c7-6(8,9)16-2-1-11-5(13)4(3(2)10)12(14)15/h1H,(H,11,13). The Labute approximate surface area is 98.7 Å². The lowest BCUT2D eigenvalue weighted by atomic mass is 10.4. The molecule has 0 aromatic carbocycles. The Morgan fingerprint density at radius 1 is 1.50 bits per heavy atom. The number of alkyl halides is 3. The minimum Gasteiger partial charge on any atom is -0.403 e. The van der Waals surface area contributed by atoms with Crippen molar-refractivity contribution < 1.29 is 22.8 Å². The van der Waals surface area contributed by atoms with Crippen LogP contribution < -0.4 is 10.3 Å². The Balaban J connectivity index is 3.30. The van der Waals surface area contributed by atoms with E-state index in [4.69, 9.17) is 0 Å². The first-order chi connectivity index (χ1) is 7.22. The Bertz CT molecular complexity index is 484. The minimum atomic E-state index is -4.98. The van der Waals surface area contributed by atoms with Gasteiger partial charge in [-0.15, -0.1) is 13.2 Å². The van der Waals surface area contributed by atoms with Crippen molar-refractivity contribution in [3.8, 4) is 5.75 Å². The predicted molar refractivity (Wildman–Crippen MR) is 53.1 cm³/mol. The van der Waals surface area contributed by atoms with Gasteiger partial charge in [0.05, 0.1) is 4.92 Å². The van der Waals surface area contributed by atoms with Gasteiger partial charge in [0.1, 0.15) is 3.57 Å². The summed E-state index contributed by atoms with van der Waals surface area (Å²) in [5, 5.41) is 10.4. The lowest BCUT2D eigenvalue weighted by Gasteiger charge is -2.09. The van der Waals surface area contributed by atoms with E-state index >= 15 is 0 Å². The van der Waals surface area contributed by atoms with Crippen molar-refractivity contribution >= 4 is 28.3 Å². The van der Waals surface area contributed by atoms with Crippen molar-refractivity contribution in [3.05, 3.63) is 30.2 Å². The fourth-order valence-corrected chi connectivity index (χ4v) is 1.55. The first kappa shape index (κ1) is 12.7. The third-order valence-electron chi connectivity index (χ3n) is 1.38. The van der Waals surface area contributed by atoms with Crippen LogP contribution in [0.1, 0.15) is 0 Å². The summed E-state index contributed by atoms with van der Waals surface area (Å²) >= 11 is 1.24. The van der Waals surface area contributed by atoms with E-state index in [1.165, 1.54) is 22.6 Å². The molecule has 0 fully saturated rings. The number of nitrogens with one attached hydrogen (secondary N) is 1. The zero-order valence-corrected chi connectivity index (χ0v) is 9.33. The molecule has 0 saturated carbocycles. The van der Waals surface area contributed by atoms with Crippen LogP contribution in [0, 0.1) is 13.7 Å². The van der Waals surface area contributed by atoms with E-state index in [-0.39, 0.29) is 0 Å². The molecule has 6 nitrogen and oxygen atoms in total. The normalized spacial score (nSPS) is 11.2. The Morgan fingerprint density at radius 2 is 2.06 bits per heavy atom. The van der Waals surface area contributed by atoms with Crippen molar-refractivity contribution in [2.45, 2.75) is 6.36 Å². The van der Waals surface area contributed by atoms with Gasteiger partial charge in [0.25, 0.3) is 0 Å². The van der Waals surface area contributed by atoms with Crippen LogP contribution in [0.5, 0.6) is 5.75 Å². The van der Waals surface area contributed by atoms with E-state index < -0.39 is 31.9 Å². The molecular weight excluding hydrogens is 348 g/mol. The van der Waals surface area contributed by atoms with Crippen LogP contribution in [0.4, 0.5) is 18.9 Å². The van der Waals surface area contributed by atoms with E-state index in [1.54, 1.807) is 4.98 Å². The molecule has 0 amide bonds. The predicted octanol–water partition coefficient (Wildman–Crippen LogP) is 1.79. The minimum absolute atomic E-state index is 0.510. The van der Waals surface area contributed by atoms with Gasteiger partial charge in [-0.25, -0.2) is 0 Å². The molecule has 1 aromatic heterocycles. The molecule has 0 unspecified atom stereocenters. The highest BCUT2D eigenvalue weighted by atomic mass is 127. The topological polar surface area (TPSA) is 85.2 Å². The number of ether oxygens (including phenoxy) is 1. The lowest BCUT2D eigenvalue weighted by Crippen LogP contribution is -2.20. The number of nitrogens with zero attached hydrogens (tertiary/aromatic N) is 1. The second-order valence-electron chi connectivity index (χ2n) is 2.45. The summed E-state index contributed by atoms with van der Waals surface area (Å²) in [5.41, 5.74) is -2.08. The van der Waals surface area contributed by atoms with E-state index in [9.17, 15) is 28.1 Å². The van der Waals surface area contributed by atoms with Crippen molar-refractivity contribution in [2.75, 3.05) is 0 Å². The van der Waals surface area contributed by atoms with Crippen LogP contribution >= 0.6 is 22.6 Å². The lowest BCUT2D eigenvalue weighted by molar-refractivity contribution is -0.387. The highest BCUT2D eigenvalue weighted by molar-refractivity contribution is 14.1. The Kier molecular flexibility index (Phi) is 3.40. The molecule has 1 rings (SSSR count). The second-order valence-corrected chi connectivity index (χ2v) is 3.53. The molecule has 88 valence electrons. The van der Waals surface area contributed by atoms with Crippen molar-refractivity contribution in [2.24, 2.45) is 0 Å². The third-order valence-corrected chi connectivity index (χ3v) is 2.42. The van der Waals surface area contributed by atoms with E-state index in [0.29, 0.717) is 6.20 Å². The highest BCUT2D eigenvalue weighted by Crippen LogP contribution is 2.30. The van der Waals surface area contributed by atoms with Crippen LogP contribution in [0.25, 0.3) is 0 Å². The van der Waals surface area contributed by atoms with Gasteiger partial charge in [-0.1, -0.05) is 0 Å². The average molecular weight is 350 g/mol. The van der Waals surface area contributed by atoms with Crippen molar-refractivity contribution in [1.29, 1.82) is 0 Å². The zero-order valence-electron chi connectivity index (χ0n) is 7.17. The maximum absolute atomic E-state index is 11.9. The van der Waals surface area contributed by atoms with Gasteiger partial charge < -0.3 is 9.72 Å². The van der Waals surface area contributed by atoms with Gasteiger partial charge in [0, 0.05) is 6.20 Å². The van der Waals surface area contributed by atoms with Crippen molar-refractivity contribution in [1.82, 2.24) is 4.98 Å². The quantitative estimate of drug-likeness (QED) is 0.501. The van der Waals surface area contributed by atoms with Crippen LogP contribution in [-0.2, 0) is 0 Å². The van der Waals surface area contributed by atoms with Crippen LogP contribution in [0.3, 0.4) is 0 Å². The number of pyridine rings is 1. The number of hydrogen-bond acceptors (Lipinski definition) is 4. The highest BCUT2D eigenvalue weighted by Gasteiger charge is 2.34. The molecule has 0 aliphatic carbocycles. The van der Waals surface area contributed by atoms with Gasteiger partial charge in [-0.3, -0.25) is 14.9 Å². The van der Waals surface area contributed by atoms with Crippen LogP contribution in [0.2, 0.25) is 0 Å². The summed E-state index contributed by atoms with van der Waals surface area (Å²) in [6.07, 6.45) is -4.36. The number of rotatable bonds is 2. The molecular formula is C6H2F3IN2O4. The fourth-order valence-electron chi connectivity index (χ4n) is 0.841. The molecule has 16 heavy (non-hydrogen) atoms. The van der Waals surface area contributed by atoms with Gasteiger partial charge in [-0.2, -0.15) is 0 Å². The smallest absolute Gasteiger partial charge is 0.403 e. The van der Waals surface area contributed by atoms with E-state index in [2.05, 4.69) is 4.74 Å². The number of hydrogen-bond donors (Lipinski definition) is 1. The second kappa shape index (κ2) is 4.27. The molecule has 0 aliphatic rings. The maximum atomic E-state index is 11.9. The summed E-state index contributed by atoms with van der Waals surface area (Å²) in [4.78, 5) is 22.1. The summed E-state index contributed by atoms with van der Waals surface area (Å²) in [6.45, 7) is 0. The SMILES string of the molecule is O=c1[nH]cc(OC(F)(F)F)c(I)c1[N+](=O)[O-]. The molecule has 0 radical (unpaired) electrons. The van der Waals surface area contributed by atoms with E-state index in [1.807, 2.05) is 0 Å². The monoisotopic (exact) mass is 350 g/mol. The van der Waals surface area contributed by atoms with Crippen LogP contribution in [0.15, 0.2) is 11.0 Å². The average Bonchev–Trinajstić information content (AvgIpc) is 2.07. The Hall–Kier alpha value is -1.33. The molecule has 1 heterocycles. The summed E-state index contributed by atoms with van der Waals surface area (Å²) < 4.78 is 38.6. The molecule has 0 bridgehead atoms. The first-order valence-corrected chi connectivity index (χ1v) is 4.61. The zero-order chi connectivity index (χ0) is 12.5. The van der Waals surface area contributed by atoms with Crippen molar-refractivity contribution in [3.63, 3.8) is 0 Å². The number of halogens is 4. The van der Waals surface area contributed by atoms with Gasteiger partial charge in [-0.05, 0) is 22.6 Å². The molecule has 0 aliphatic heterocycles. The number of aromatic nitrogens is 1. The molecule has 0 atom stereocenters. The number of aromatic amines is 1. The maximum Gasteiger partial charge on any atom is 0.573 e. The fraction of sp³-hybridized carbons (Fsp3) is 0.167. The largest absolute Gasteiger partial charge is 0.573 e. The number of nitro groups is 1. The molecule has 0 spiro atoms. The van der Waals surface area contributed by atoms with Gasteiger partial charge >= 0.3 is 17.6 Å². The molecule has 1 N–H and O–H groups in total. The molecule has 0 saturated heterocycles. The first-order valence-electron chi connectivity index (χ1n) is 3.53. The van der Waals surface area contributed by atoms with Gasteiger partial charge in [0.15, 0.2) is 5.75 Å². The molecule has 1 aromatic rings. The van der Waals surface area contributed by atoms with Gasteiger partial charge in [0.2, 0.25) is 0 Å². The summed E-state index contributed by atoms with van der Waals surface area (Å²) in [7, 11) is 0. The van der Waals surface area contributed by atoms with Crippen LogP contribution in [-0.4, -0.2) is 16.3 Å². The molecule has 10 heteroatoms.